The first-order valence-corrected chi connectivity index (χ1v) is 13.8. The highest BCUT2D eigenvalue weighted by Gasteiger charge is 2.30. The summed E-state index contributed by atoms with van der Waals surface area (Å²) in [5, 5.41) is 0.616. The summed E-state index contributed by atoms with van der Waals surface area (Å²) < 4.78 is 115. The van der Waals surface area contributed by atoms with Crippen LogP contribution in [-0.2, 0) is 19.3 Å². The fourth-order valence-corrected chi connectivity index (χ4v) is 4.99. The molecule has 4 rings (SSSR count). The van der Waals surface area contributed by atoms with Gasteiger partial charge in [-0.1, -0.05) is 56.9 Å². The summed E-state index contributed by atoms with van der Waals surface area (Å²) >= 11 is 0. The Morgan fingerprint density at radius 2 is 1.26 bits per heavy atom. The van der Waals surface area contributed by atoms with Gasteiger partial charge in [0.15, 0.2) is 24.0 Å². The molecular formula is C33H30F8O. The molecule has 224 valence electrons. The zero-order valence-electron chi connectivity index (χ0n) is 23.0. The van der Waals surface area contributed by atoms with Gasteiger partial charge in [-0.2, -0.15) is 13.2 Å². The minimum Gasteiger partial charge on any atom is -0.478 e. The van der Waals surface area contributed by atoms with E-state index < -0.39 is 47.6 Å². The van der Waals surface area contributed by atoms with E-state index in [0.29, 0.717) is 17.4 Å². The number of rotatable bonds is 12. The fraction of sp³-hybridized carbons (Fsp3) is 0.333. The van der Waals surface area contributed by atoms with Crippen LogP contribution < -0.4 is 4.74 Å². The van der Waals surface area contributed by atoms with Crippen LogP contribution in [-0.4, -0.2) is 12.8 Å². The predicted molar refractivity (Wildman–Crippen MR) is 147 cm³/mol. The van der Waals surface area contributed by atoms with Gasteiger partial charge in [0.2, 0.25) is 0 Å². The van der Waals surface area contributed by atoms with Crippen LogP contribution in [0.3, 0.4) is 0 Å². The molecule has 4 aromatic rings. The molecule has 1 nitrogen and oxygen atoms in total. The molecule has 0 amide bonds. The Labute approximate surface area is 239 Å². The lowest BCUT2D eigenvalue weighted by Crippen LogP contribution is -2.20. The van der Waals surface area contributed by atoms with E-state index in [1.165, 1.54) is 36.4 Å². The van der Waals surface area contributed by atoms with Crippen molar-refractivity contribution in [3.63, 3.8) is 0 Å². The summed E-state index contributed by atoms with van der Waals surface area (Å²) in [6, 6.07) is 11.8. The van der Waals surface area contributed by atoms with Crippen molar-refractivity contribution >= 4 is 10.8 Å². The number of benzene rings is 4. The normalized spacial score (nSPS) is 11.8. The van der Waals surface area contributed by atoms with Crippen molar-refractivity contribution in [1.82, 2.24) is 0 Å². The second kappa shape index (κ2) is 13.6. The van der Waals surface area contributed by atoms with Crippen molar-refractivity contribution in [3.05, 3.63) is 100 Å². The molecule has 42 heavy (non-hydrogen) atoms. The van der Waals surface area contributed by atoms with E-state index in [-0.39, 0.29) is 40.5 Å². The molecule has 0 atom stereocenters. The van der Waals surface area contributed by atoms with E-state index in [1.54, 1.807) is 6.07 Å². The molecule has 0 aromatic heterocycles. The van der Waals surface area contributed by atoms with Crippen LogP contribution in [0.4, 0.5) is 35.1 Å². The third-order valence-corrected chi connectivity index (χ3v) is 7.11. The summed E-state index contributed by atoms with van der Waals surface area (Å²) in [4.78, 5) is 0. The summed E-state index contributed by atoms with van der Waals surface area (Å²) in [6.45, 7) is 0.277. The maximum absolute atomic E-state index is 15.3. The van der Waals surface area contributed by atoms with Crippen LogP contribution in [0.15, 0.2) is 54.6 Å². The van der Waals surface area contributed by atoms with E-state index in [0.717, 1.165) is 44.2 Å². The molecule has 4 aromatic carbocycles. The molecular weight excluding hydrogens is 564 g/mol. The monoisotopic (exact) mass is 594 g/mol. The highest BCUT2D eigenvalue weighted by molar-refractivity contribution is 5.88. The van der Waals surface area contributed by atoms with Crippen molar-refractivity contribution < 1.29 is 39.9 Å². The Bertz CT molecular complexity index is 1500. The zero-order chi connectivity index (χ0) is 30.4. The maximum atomic E-state index is 15.3. The molecule has 0 saturated carbocycles. The predicted octanol–water partition coefficient (Wildman–Crippen LogP) is 10.4. The quantitative estimate of drug-likeness (QED) is 0.117. The van der Waals surface area contributed by atoms with Gasteiger partial charge in [0.05, 0.1) is 5.56 Å². The lowest BCUT2D eigenvalue weighted by atomic mass is 9.95. The average Bonchev–Trinajstić information content (AvgIpc) is 2.91. The van der Waals surface area contributed by atoms with Crippen LogP contribution >= 0.6 is 0 Å². The molecule has 0 saturated heterocycles. The molecule has 0 heterocycles. The molecule has 0 aliphatic rings. The third-order valence-electron chi connectivity index (χ3n) is 7.11. The van der Waals surface area contributed by atoms with Crippen LogP contribution in [0, 0.1) is 29.1 Å². The summed E-state index contributed by atoms with van der Waals surface area (Å²) in [6.07, 6.45) is 1.03. The van der Waals surface area contributed by atoms with E-state index in [1.807, 2.05) is 0 Å². The Balaban J connectivity index is 1.48. The van der Waals surface area contributed by atoms with E-state index >= 15 is 4.39 Å². The van der Waals surface area contributed by atoms with Crippen molar-refractivity contribution in [2.45, 2.75) is 64.5 Å². The highest BCUT2D eigenvalue weighted by Crippen LogP contribution is 2.33. The Kier molecular flexibility index (Phi) is 10.1. The zero-order valence-corrected chi connectivity index (χ0v) is 23.0. The SMILES string of the molecule is CCCCCCCc1cc(F)c(-c2ccc3c(F)c(CCc4cc(F)c(OCC(F)(F)F)c(F)c4)ccc3c2)c(F)c1. The molecule has 0 fully saturated rings. The van der Waals surface area contributed by atoms with Gasteiger partial charge in [-0.3, -0.25) is 0 Å². The molecule has 0 spiro atoms. The third kappa shape index (κ3) is 7.81. The Hall–Kier alpha value is -3.62. The number of ether oxygens (including phenoxy) is 1. The standard InChI is InChI=1S/C33H30F8O/c1-2-3-4-5-6-7-20-14-26(34)30(27(35)15-20)24-12-13-25-23(18-24)11-10-22(31(25)38)9-8-21-16-28(36)32(29(37)17-21)42-19-33(39,40)41/h10-18H,2-9,19H2,1H3. The van der Waals surface area contributed by atoms with Crippen molar-refractivity contribution in [2.75, 3.05) is 6.61 Å². The topological polar surface area (TPSA) is 9.23 Å². The number of halogens is 8. The smallest absolute Gasteiger partial charge is 0.422 e. The van der Waals surface area contributed by atoms with E-state index in [9.17, 15) is 30.7 Å². The molecule has 0 bridgehead atoms. The van der Waals surface area contributed by atoms with Gasteiger partial charge in [-0.05, 0) is 83.7 Å². The Morgan fingerprint density at radius 1 is 0.643 bits per heavy atom. The van der Waals surface area contributed by atoms with Crippen LogP contribution in [0.2, 0.25) is 0 Å². The first kappa shape index (κ1) is 31.3. The lowest BCUT2D eigenvalue weighted by Gasteiger charge is -2.13. The molecule has 0 unspecified atom stereocenters. The first-order valence-electron chi connectivity index (χ1n) is 13.8. The number of alkyl halides is 3. The number of hydrogen-bond acceptors (Lipinski definition) is 1. The lowest BCUT2D eigenvalue weighted by molar-refractivity contribution is -0.154. The molecule has 0 aliphatic carbocycles. The van der Waals surface area contributed by atoms with Gasteiger partial charge in [-0.15, -0.1) is 0 Å². The van der Waals surface area contributed by atoms with Gasteiger partial charge >= 0.3 is 6.18 Å². The van der Waals surface area contributed by atoms with Gasteiger partial charge < -0.3 is 4.74 Å². The maximum Gasteiger partial charge on any atom is 0.422 e. The minimum absolute atomic E-state index is 0.00469. The molecule has 0 aliphatic heterocycles. The average molecular weight is 595 g/mol. The summed E-state index contributed by atoms with van der Waals surface area (Å²) in [5.41, 5.74) is 0.995. The molecule has 0 radical (unpaired) electrons. The second-order valence-corrected chi connectivity index (χ2v) is 10.4. The van der Waals surface area contributed by atoms with Crippen LogP contribution in [0.25, 0.3) is 21.9 Å². The minimum atomic E-state index is -4.76. The van der Waals surface area contributed by atoms with E-state index in [2.05, 4.69) is 11.7 Å². The number of unbranched alkanes of at least 4 members (excludes halogenated alkanes) is 4. The largest absolute Gasteiger partial charge is 0.478 e. The van der Waals surface area contributed by atoms with Gasteiger partial charge in [0, 0.05) is 5.39 Å². The van der Waals surface area contributed by atoms with Gasteiger partial charge in [0.25, 0.3) is 0 Å². The van der Waals surface area contributed by atoms with Crippen LogP contribution in [0.5, 0.6) is 5.75 Å². The first-order chi connectivity index (χ1) is 20.0. The molecule has 0 N–H and O–H groups in total. The highest BCUT2D eigenvalue weighted by atomic mass is 19.4. The van der Waals surface area contributed by atoms with Gasteiger partial charge in [-0.25, -0.2) is 22.0 Å². The second-order valence-electron chi connectivity index (χ2n) is 10.4. The van der Waals surface area contributed by atoms with Crippen molar-refractivity contribution in [2.24, 2.45) is 0 Å². The number of aryl methyl sites for hydroxylation is 3. The molecule has 9 heteroatoms. The number of hydrogen-bond donors (Lipinski definition) is 0. The van der Waals surface area contributed by atoms with Crippen LogP contribution in [0.1, 0.15) is 55.7 Å². The fourth-order valence-electron chi connectivity index (χ4n) is 4.99. The van der Waals surface area contributed by atoms with Crippen molar-refractivity contribution in [1.29, 1.82) is 0 Å². The van der Waals surface area contributed by atoms with Gasteiger partial charge in [0.1, 0.15) is 17.5 Å². The number of fused-ring (bicyclic) bond motifs is 1. The summed E-state index contributed by atoms with van der Waals surface area (Å²) in [5.74, 6) is -5.69. The summed E-state index contributed by atoms with van der Waals surface area (Å²) in [7, 11) is 0. The Morgan fingerprint density at radius 3 is 1.90 bits per heavy atom. The van der Waals surface area contributed by atoms with Crippen molar-refractivity contribution in [3.8, 4) is 16.9 Å². The van der Waals surface area contributed by atoms with E-state index in [4.69, 9.17) is 0 Å².